The molecule has 0 amide bonds. The van der Waals surface area contributed by atoms with E-state index in [9.17, 15) is 15.0 Å². The Bertz CT molecular complexity index is 1110. The average Bonchev–Trinajstić information content (AvgIpc) is 3.13. The number of aromatic carboxylic acids is 1. The van der Waals surface area contributed by atoms with Crippen LogP contribution in [0, 0.1) is 0 Å². The molecule has 0 fully saturated rings. The first-order valence-corrected chi connectivity index (χ1v) is 10.2. The summed E-state index contributed by atoms with van der Waals surface area (Å²) in [6.07, 6.45) is 1.19. The number of hydrogen-bond acceptors (Lipinski definition) is 7. The SMILES string of the molecule is COB1OC(C)c2cc(Nc3cc(N[C@H](CO)c4ccccc4)c(C(=O)O)cn3)ccc21. The molecule has 1 aliphatic rings. The van der Waals surface area contributed by atoms with Crippen LogP contribution >= 0.6 is 0 Å². The lowest BCUT2D eigenvalue weighted by atomic mass is 9.78. The van der Waals surface area contributed by atoms with Crippen molar-refractivity contribution in [2.75, 3.05) is 24.4 Å². The first-order chi connectivity index (χ1) is 15.5. The molecule has 2 heterocycles. The highest BCUT2D eigenvalue weighted by Gasteiger charge is 2.34. The maximum atomic E-state index is 11.7. The van der Waals surface area contributed by atoms with Gasteiger partial charge in [-0.05, 0) is 35.6 Å². The van der Waals surface area contributed by atoms with E-state index in [0.717, 1.165) is 22.3 Å². The van der Waals surface area contributed by atoms with Gasteiger partial charge in [0.15, 0.2) is 0 Å². The standard InChI is InChI=1S/C23H24BN3O5/c1-14-17-10-16(8-9-19(17)24(31-2)32-14)26-22-11-20(18(12-25-22)23(29)30)27-21(13-28)15-6-4-3-5-7-15/h3-12,14,21,28H,13H2,1-2H3,(H,29,30)(H2,25,26,27)/t14?,21-/m1/s1. The van der Waals surface area contributed by atoms with Gasteiger partial charge in [-0.25, -0.2) is 9.78 Å². The average molecular weight is 433 g/mol. The van der Waals surface area contributed by atoms with Crippen LogP contribution in [0.15, 0.2) is 60.8 Å². The summed E-state index contributed by atoms with van der Waals surface area (Å²) in [6, 6.07) is 16.3. The second-order valence-corrected chi connectivity index (χ2v) is 7.53. The number of benzene rings is 2. The topological polar surface area (TPSA) is 113 Å². The first kappa shape index (κ1) is 21.8. The number of carboxylic acid groups (broad SMARTS) is 1. The van der Waals surface area contributed by atoms with Crippen LogP contribution < -0.4 is 16.1 Å². The summed E-state index contributed by atoms with van der Waals surface area (Å²) in [5.41, 5.74) is 4.01. The van der Waals surface area contributed by atoms with Crippen LogP contribution in [0.4, 0.5) is 17.2 Å². The van der Waals surface area contributed by atoms with E-state index in [-0.39, 0.29) is 25.4 Å². The van der Waals surface area contributed by atoms with E-state index in [4.69, 9.17) is 9.31 Å². The molecule has 0 aliphatic carbocycles. The molecule has 1 aliphatic heterocycles. The highest BCUT2D eigenvalue weighted by molar-refractivity contribution is 6.63. The molecule has 1 unspecified atom stereocenters. The van der Waals surface area contributed by atoms with E-state index in [0.29, 0.717) is 11.5 Å². The van der Waals surface area contributed by atoms with Crippen molar-refractivity contribution in [2.24, 2.45) is 0 Å². The van der Waals surface area contributed by atoms with Gasteiger partial charge < -0.3 is 30.2 Å². The molecule has 1 aromatic heterocycles. The zero-order chi connectivity index (χ0) is 22.7. The lowest BCUT2D eigenvalue weighted by Crippen LogP contribution is -2.30. The van der Waals surface area contributed by atoms with Crippen molar-refractivity contribution in [3.05, 3.63) is 77.5 Å². The normalized spacial score (nSPS) is 15.8. The van der Waals surface area contributed by atoms with E-state index in [1.54, 1.807) is 13.2 Å². The summed E-state index contributed by atoms with van der Waals surface area (Å²) in [5.74, 6) is -0.637. The number of fused-ring (bicyclic) bond motifs is 1. The van der Waals surface area contributed by atoms with Gasteiger partial charge in [-0.1, -0.05) is 36.4 Å². The van der Waals surface area contributed by atoms with Crippen molar-refractivity contribution in [3.8, 4) is 0 Å². The third-order valence-corrected chi connectivity index (χ3v) is 5.44. The van der Waals surface area contributed by atoms with E-state index in [1.807, 2.05) is 55.5 Å². The summed E-state index contributed by atoms with van der Waals surface area (Å²) in [5, 5.41) is 25.8. The van der Waals surface area contributed by atoms with Gasteiger partial charge in [0.25, 0.3) is 0 Å². The van der Waals surface area contributed by atoms with Crippen LogP contribution in [0.2, 0.25) is 0 Å². The van der Waals surface area contributed by atoms with E-state index >= 15 is 0 Å². The van der Waals surface area contributed by atoms with Gasteiger partial charge in [-0.15, -0.1) is 0 Å². The highest BCUT2D eigenvalue weighted by atomic mass is 16.6. The Hall–Kier alpha value is -3.40. The van der Waals surface area contributed by atoms with Crippen molar-refractivity contribution < 1.29 is 24.3 Å². The van der Waals surface area contributed by atoms with Crippen LogP contribution in [0.3, 0.4) is 0 Å². The van der Waals surface area contributed by atoms with Crippen molar-refractivity contribution in [1.29, 1.82) is 0 Å². The number of carboxylic acids is 1. The Balaban J connectivity index is 1.61. The van der Waals surface area contributed by atoms with Gasteiger partial charge in [-0.2, -0.15) is 0 Å². The second kappa shape index (κ2) is 9.39. The molecule has 0 bridgehead atoms. The number of hydrogen-bond donors (Lipinski definition) is 4. The zero-order valence-corrected chi connectivity index (χ0v) is 17.8. The van der Waals surface area contributed by atoms with Crippen LogP contribution in [0.25, 0.3) is 0 Å². The van der Waals surface area contributed by atoms with Crippen molar-refractivity contribution in [1.82, 2.24) is 4.98 Å². The third kappa shape index (κ3) is 4.45. The van der Waals surface area contributed by atoms with Gasteiger partial charge >= 0.3 is 13.1 Å². The second-order valence-electron chi connectivity index (χ2n) is 7.53. The summed E-state index contributed by atoms with van der Waals surface area (Å²) < 4.78 is 11.1. The number of anilines is 3. The Kier molecular flexibility index (Phi) is 6.41. The number of aliphatic hydroxyl groups excluding tert-OH is 1. The van der Waals surface area contributed by atoms with Gasteiger partial charge in [0.2, 0.25) is 0 Å². The molecule has 0 radical (unpaired) electrons. The molecular weight excluding hydrogens is 409 g/mol. The van der Waals surface area contributed by atoms with Crippen molar-refractivity contribution >= 4 is 35.7 Å². The van der Waals surface area contributed by atoms with E-state index in [2.05, 4.69) is 15.6 Å². The summed E-state index contributed by atoms with van der Waals surface area (Å²) in [7, 11) is 1.22. The molecule has 2 atom stereocenters. The minimum atomic E-state index is -1.11. The quantitative estimate of drug-likeness (QED) is 0.401. The fourth-order valence-corrected chi connectivity index (χ4v) is 3.80. The largest absolute Gasteiger partial charge is 0.494 e. The molecule has 0 saturated heterocycles. The molecule has 2 aromatic carbocycles. The molecule has 4 N–H and O–H groups in total. The number of aromatic nitrogens is 1. The Morgan fingerprint density at radius 3 is 2.72 bits per heavy atom. The number of nitrogens with one attached hydrogen (secondary N) is 2. The van der Waals surface area contributed by atoms with Crippen LogP contribution in [-0.2, 0) is 9.31 Å². The van der Waals surface area contributed by atoms with Gasteiger partial charge in [0.05, 0.1) is 24.4 Å². The number of rotatable bonds is 8. The number of nitrogens with zero attached hydrogens (tertiary/aromatic N) is 1. The van der Waals surface area contributed by atoms with Crippen molar-refractivity contribution in [3.63, 3.8) is 0 Å². The summed E-state index contributed by atoms with van der Waals surface area (Å²) >= 11 is 0. The summed E-state index contributed by atoms with van der Waals surface area (Å²) in [4.78, 5) is 16.0. The molecule has 0 saturated carbocycles. The number of pyridine rings is 1. The minimum Gasteiger partial charge on any atom is -0.478 e. The Morgan fingerprint density at radius 1 is 1.25 bits per heavy atom. The van der Waals surface area contributed by atoms with Gasteiger partial charge in [0.1, 0.15) is 11.4 Å². The molecular formula is C23H24BN3O5. The maximum absolute atomic E-state index is 11.7. The Morgan fingerprint density at radius 2 is 2.03 bits per heavy atom. The minimum absolute atomic E-state index is 0.0174. The fraction of sp³-hybridized carbons (Fsp3) is 0.217. The van der Waals surface area contributed by atoms with E-state index < -0.39 is 12.0 Å². The van der Waals surface area contributed by atoms with Gasteiger partial charge in [-0.3, -0.25) is 0 Å². The van der Waals surface area contributed by atoms with Crippen LogP contribution in [0.5, 0.6) is 0 Å². The van der Waals surface area contributed by atoms with Crippen LogP contribution in [0.1, 0.15) is 40.6 Å². The lowest BCUT2D eigenvalue weighted by molar-refractivity contribution is 0.0697. The third-order valence-electron chi connectivity index (χ3n) is 5.44. The monoisotopic (exact) mass is 433 g/mol. The number of aliphatic hydroxyl groups is 1. The predicted molar refractivity (Wildman–Crippen MR) is 123 cm³/mol. The highest BCUT2D eigenvalue weighted by Crippen LogP contribution is 2.29. The number of carbonyl (C=O) groups is 1. The maximum Gasteiger partial charge on any atom is 0.494 e. The molecule has 9 heteroatoms. The zero-order valence-electron chi connectivity index (χ0n) is 17.8. The lowest BCUT2D eigenvalue weighted by Gasteiger charge is -2.20. The van der Waals surface area contributed by atoms with E-state index in [1.165, 1.54) is 6.20 Å². The van der Waals surface area contributed by atoms with Crippen molar-refractivity contribution in [2.45, 2.75) is 19.1 Å². The summed E-state index contributed by atoms with van der Waals surface area (Å²) in [6.45, 7) is 1.76. The van der Waals surface area contributed by atoms with Crippen LogP contribution in [-0.4, -0.2) is 42.0 Å². The molecule has 4 rings (SSSR count). The van der Waals surface area contributed by atoms with Gasteiger partial charge in [0, 0.05) is 25.1 Å². The molecule has 8 nitrogen and oxygen atoms in total. The first-order valence-electron chi connectivity index (χ1n) is 10.2. The fourth-order valence-electron chi connectivity index (χ4n) is 3.80. The predicted octanol–water partition coefficient (Wildman–Crippen LogP) is 3.10. The molecule has 32 heavy (non-hydrogen) atoms. The molecule has 164 valence electrons. The Labute approximate surface area is 186 Å². The molecule has 0 spiro atoms. The smallest absolute Gasteiger partial charge is 0.478 e. The molecule has 3 aromatic rings.